The second kappa shape index (κ2) is 6.70. The Bertz CT molecular complexity index is 665. The number of aromatic nitrogens is 1. The van der Waals surface area contributed by atoms with Gasteiger partial charge in [-0.05, 0) is 36.8 Å². The van der Waals surface area contributed by atoms with Gasteiger partial charge >= 0.3 is 5.97 Å². The van der Waals surface area contributed by atoms with Gasteiger partial charge in [-0.3, -0.25) is 4.98 Å². The van der Waals surface area contributed by atoms with Gasteiger partial charge in [0.25, 0.3) is 0 Å². The van der Waals surface area contributed by atoms with Crippen LogP contribution in [0.15, 0.2) is 48.5 Å². The highest BCUT2D eigenvalue weighted by atomic mass is 16.4. The molecule has 4 nitrogen and oxygen atoms in total. The van der Waals surface area contributed by atoms with Gasteiger partial charge in [-0.2, -0.15) is 0 Å². The molecule has 1 heterocycles. The molecule has 0 bridgehead atoms. The standard InChI is InChI=1S/C17H18N2O2/c1-13-6-5-8-15(18-13)12-19(2)16-9-4-3-7-14(16)10-11-17(20)21/h3-11H,12H2,1-2H3,(H,20,21)/b11-10+. The molecule has 0 atom stereocenters. The van der Waals surface area contributed by atoms with Crippen LogP contribution in [-0.4, -0.2) is 23.1 Å². The summed E-state index contributed by atoms with van der Waals surface area (Å²) in [5, 5.41) is 8.76. The molecule has 0 aliphatic carbocycles. The molecule has 0 fully saturated rings. The van der Waals surface area contributed by atoms with Crippen LogP contribution in [0.2, 0.25) is 0 Å². The molecule has 4 heteroatoms. The average Bonchev–Trinajstić information content (AvgIpc) is 2.45. The average molecular weight is 282 g/mol. The highest BCUT2D eigenvalue weighted by Crippen LogP contribution is 2.22. The van der Waals surface area contributed by atoms with E-state index in [1.165, 1.54) is 0 Å². The number of nitrogens with zero attached hydrogens (tertiary/aromatic N) is 2. The van der Waals surface area contributed by atoms with Crippen molar-refractivity contribution in [3.63, 3.8) is 0 Å². The van der Waals surface area contributed by atoms with Gasteiger partial charge in [-0.25, -0.2) is 4.79 Å². The molecule has 108 valence electrons. The molecule has 1 aromatic heterocycles. The third-order valence-corrected chi connectivity index (χ3v) is 3.10. The molecule has 0 aliphatic heterocycles. The number of aliphatic carboxylic acids is 1. The molecule has 2 rings (SSSR count). The lowest BCUT2D eigenvalue weighted by atomic mass is 10.1. The molecule has 0 radical (unpaired) electrons. The molecule has 0 saturated carbocycles. The fourth-order valence-corrected chi connectivity index (χ4v) is 2.15. The number of carbonyl (C=O) groups is 1. The number of rotatable bonds is 5. The zero-order valence-corrected chi connectivity index (χ0v) is 12.2. The maximum absolute atomic E-state index is 10.7. The summed E-state index contributed by atoms with van der Waals surface area (Å²) in [4.78, 5) is 17.2. The first-order valence-corrected chi connectivity index (χ1v) is 6.70. The minimum Gasteiger partial charge on any atom is -0.478 e. The van der Waals surface area contributed by atoms with Crippen molar-refractivity contribution in [2.75, 3.05) is 11.9 Å². The number of benzene rings is 1. The first-order chi connectivity index (χ1) is 10.1. The number of carboxylic acids is 1. The van der Waals surface area contributed by atoms with Gasteiger partial charge in [-0.1, -0.05) is 24.3 Å². The van der Waals surface area contributed by atoms with Gasteiger partial charge in [-0.15, -0.1) is 0 Å². The monoisotopic (exact) mass is 282 g/mol. The molecular formula is C17H18N2O2. The van der Waals surface area contributed by atoms with E-state index < -0.39 is 5.97 Å². The number of carboxylic acid groups (broad SMARTS) is 1. The van der Waals surface area contributed by atoms with Crippen molar-refractivity contribution in [3.8, 4) is 0 Å². The number of hydrogen-bond donors (Lipinski definition) is 1. The lowest BCUT2D eigenvalue weighted by molar-refractivity contribution is -0.131. The Labute approximate surface area is 124 Å². The quantitative estimate of drug-likeness (QED) is 0.856. The summed E-state index contributed by atoms with van der Waals surface area (Å²) in [6.07, 6.45) is 2.76. The first kappa shape index (κ1) is 14.8. The molecule has 0 amide bonds. The molecule has 0 spiro atoms. The first-order valence-electron chi connectivity index (χ1n) is 6.70. The van der Waals surface area contributed by atoms with E-state index in [-0.39, 0.29) is 0 Å². The van der Waals surface area contributed by atoms with E-state index in [1.807, 2.05) is 56.4 Å². The van der Waals surface area contributed by atoms with Crippen LogP contribution in [0.4, 0.5) is 5.69 Å². The molecule has 0 saturated heterocycles. The molecule has 0 unspecified atom stereocenters. The van der Waals surface area contributed by atoms with Crippen LogP contribution in [0, 0.1) is 6.92 Å². The number of para-hydroxylation sites is 1. The second-order valence-electron chi connectivity index (χ2n) is 4.86. The fraction of sp³-hybridized carbons (Fsp3) is 0.176. The molecule has 2 aromatic rings. The van der Waals surface area contributed by atoms with E-state index in [4.69, 9.17) is 5.11 Å². The number of anilines is 1. The van der Waals surface area contributed by atoms with Crippen LogP contribution < -0.4 is 4.90 Å². The van der Waals surface area contributed by atoms with E-state index in [2.05, 4.69) is 9.88 Å². The highest BCUT2D eigenvalue weighted by molar-refractivity contribution is 5.86. The van der Waals surface area contributed by atoms with Crippen LogP contribution in [0.3, 0.4) is 0 Å². The Kier molecular flexibility index (Phi) is 4.72. The van der Waals surface area contributed by atoms with Gasteiger partial charge in [0.05, 0.1) is 12.2 Å². The predicted molar refractivity (Wildman–Crippen MR) is 84.2 cm³/mol. The van der Waals surface area contributed by atoms with Gasteiger partial charge in [0.15, 0.2) is 0 Å². The number of pyridine rings is 1. The SMILES string of the molecule is Cc1cccc(CN(C)c2ccccc2/C=C/C(=O)O)n1. The predicted octanol–water partition coefficient (Wildman–Crippen LogP) is 3.12. The summed E-state index contributed by atoms with van der Waals surface area (Å²) in [6.45, 7) is 2.63. The number of aryl methyl sites for hydroxylation is 1. The minimum atomic E-state index is -0.951. The van der Waals surface area contributed by atoms with E-state index in [0.29, 0.717) is 6.54 Å². The summed E-state index contributed by atoms with van der Waals surface area (Å²) < 4.78 is 0. The molecular weight excluding hydrogens is 264 g/mol. The Hall–Kier alpha value is -2.62. The normalized spacial score (nSPS) is 10.8. The highest BCUT2D eigenvalue weighted by Gasteiger charge is 2.07. The Morgan fingerprint density at radius 2 is 2.00 bits per heavy atom. The van der Waals surface area contributed by atoms with Crippen molar-refractivity contribution in [1.29, 1.82) is 0 Å². The van der Waals surface area contributed by atoms with Crippen molar-refractivity contribution in [2.45, 2.75) is 13.5 Å². The summed E-state index contributed by atoms with van der Waals surface area (Å²) in [7, 11) is 1.97. The summed E-state index contributed by atoms with van der Waals surface area (Å²) >= 11 is 0. The van der Waals surface area contributed by atoms with Crippen LogP contribution >= 0.6 is 0 Å². The van der Waals surface area contributed by atoms with Crippen molar-refractivity contribution >= 4 is 17.7 Å². The zero-order chi connectivity index (χ0) is 15.2. The van der Waals surface area contributed by atoms with Crippen LogP contribution in [0.5, 0.6) is 0 Å². The Balaban J connectivity index is 2.23. The van der Waals surface area contributed by atoms with E-state index in [1.54, 1.807) is 6.08 Å². The third kappa shape index (κ3) is 4.18. The fourth-order valence-electron chi connectivity index (χ4n) is 2.15. The summed E-state index contributed by atoms with van der Waals surface area (Å²) in [5.74, 6) is -0.951. The number of hydrogen-bond acceptors (Lipinski definition) is 3. The topological polar surface area (TPSA) is 53.4 Å². The van der Waals surface area contributed by atoms with Gasteiger partial charge in [0, 0.05) is 24.5 Å². The molecule has 21 heavy (non-hydrogen) atoms. The van der Waals surface area contributed by atoms with Gasteiger partial charge in [0.2, 0.25) is 0 Å². The van der Waals surface area contributed by atoms with E-state index in [0.717, 1.165) is 28.7 Å². The Morgan fingerprint density at radius 1 is 1.24 bits per heavy atom. The van der Waals surface area contributed by atoms with Crippen LogP contribution in [0.25, 0.3) is 6.08 Å². The maximum Gasteiger partial charge on any atom is 0.328 e. The smallest absolute Gasteiger partial charge is 0.328 e. The van der Waals surface area contributed by atoms with Crippen molar-refractivity contribution in [2.24, 2.45) is 0 Å². The second-order valence-corrected chi connectivity index (χ2v) is 4.86. The van der Waals surface area contributed by atoms with Crippen molar-refractivity contribution in [3.05, 3.63) is 65.5 Å². The minimum absolute atomic E-state index is 0.666. The lowest BCUT2D eigenvalue weighted by Crippen LogP contribution is -2.18. The van der Waals surface area contributed by atoms with E-state index in [9.17, 15) is 4.79 Å². The Morgan fingerprint density at radius 3 is 2.71 bits per heavy atom. The maximum atomic E-state index is 10.7. The van der Waals surface area contributed by atoms with Gasteiger partial charge < -0.3 is 10.0 Å². The summed E-state index contributed by atoms with van der Waals surface area (Å²) in [6, 6.07) is 13.6. The van der Waals surface area contributed by atoms with Gasteiger partial charge in [0.1, 0.15) is 0 Å². The third-order valence-electron chi connectivity index (χ3n) is 3.10. The molecule has 1 N–H and O–H groups in total. The zero-order valence-electron chi connectivity index (χ0n) is 12.2. The largest absolute Gasteiger partial charge is 0.478 e. The lowest BCUT2D eigenvalue weighted by Gasteiger charge is -2.21. The molecule has 1 aromatic carbocycles. The van der Waals surface area contributed by atoms with Crippen LogP contribution in [-0.2, 0) is 11.3 Å². The van der Waals surface area contributed by atoms with Crippen LogP contribution in [0.1, 0.15) is 17.0 Å². The molecule has 0 aliphatic rings. The summed E-state index contributed by atoms with van der Waals surface area (Å²) in [5.41, 5.74) is 3.81. The van der Waals surface area contributed by atoms with Crippen molar-refractivity contribution < 1.29 is 9.90 Å². The van der Waals surface area contributed by atoms with E-state index >= 15 is 0 Å². The van der Waals surface area contributed by atoms with Crippen molar-refractivity contribution in [1.82, 2.24) is 4.98 Å².